The molecule has 0 atom stereocenters. The number of aromatic nitrogens is 1. The van der Waals surface area contributed by atoms with Gasteiger partial charge in [-0.05, 0) is 29.2 Å². The van der Waals surface area contributed by atoms with Gasteiger partial charge >= 0.3 is 0 Å². The van der Waals surface area contributed by atoms with E-state index in [1.54, 1.807) is 0 Å². The lowest BCUT2D eigenvalue weighted by molar-refractivity contribution is 1.50. The molecule has 0 spiro atoms. The largest absolute Gasteiger partial charge is 0.248 e. The van der Waals surface area contributed by atoms with Crippen LogP contribution in [0.3, 0.4) is 0 Å². The van der Waals surface area contributed by atoms with Crippen LogP contribution in [0.2, 0.25) is 0 Å². The SMILES string of the molecule is [SiH4].c1ccc2nc3ccccc3cc2c1. The number of para-hydroxylation sites is 2. The number of rotatable bonds is 0. The molecule has 0 unspecified atom stereocenters. The second kappa shape index (κ2) is 3.83. The number of hydrogen-bond donors (Lipinski definition) is 0. The van der Waals surface area contributed by atoms with Crippen LogP contribution in [0.15, 0.2) is 54.6 Å². The van der Waals surface area contributed by atoms with Crippen LogP contribution < -0.4 is 0 Å². The minimum absolute atomic E-state index is 0. The molecule has 74 valence electrons. The summed E-state index contributed by atoms with van der Waals surface area (Å²) in [5.74, 6) is 0. The maximum Gasteiger partial charge on any atom is 0.0709 e. The summed E-state index contributed by atoms with van der Waals surface area (Å²) in [6, 6.07) is 18.6. The molecule has 1 aromatic heterocycles. The van der Waals surface area contributed by atoms with Gasteiger partial charge in [-0.15, -0.1) is 0 Å². The number of benzene rings is 2. The van der Waals surface area contributed by atoms with Gasteiger partial charge in [0.25, 0.3) is 0 Å². The summed E-state index contributed by atoms with van der Waals surface area (Å²) in [5, 5.41) is 2.40. The van der Waals surface area contributed by atoms with Crippen LogP contribution in [0.25, 0.3) is 21.8 Å². The third-order valence-corrected chi connectivity index (χ3v) is 2.43. The summed E-state index contributed by atoms with van der Waals surface area (Å²) in [6.07, 6.45) is 0. The molecule has 15 heavy (non-hydrogen) atoms. The zero-order valence-electron chi connectivity index (χ0n) is 7.64. The van der Waals surface area contributed by atoms with Crippen LogP contribution in [0.1, 0.15) is 0 Å². The average molecular weight is 211 g/mol. The van der Waals surface area contributed by atoms with Crippen molar-refractivity contribution in [2.45, 2.75) is 0 Å². The summed E-state index contributed by atoms with van der Waals surface area (Å²) in [6.45, 7) is 0. The highest BCUT2D eigenvalue weighted by Crippen LogP contribution is 2.18. The first-order valence-electron chi connectivity index (χ1n) is 4.68. The van der Waals surface area contributed by atoms with Gasteiger partial charge in [0.05, 0.1) is 11.0 Å². The highest BCUT2D eigenvalue weighted by Gasteiger charge is 1.96. The van der Waals surface area contributed by atoms with E-state index in [-0.39, 0.29) is 11.0 Å². The standard InChI is InChI=1S/C13H9N.H4Si/c1-3-7-12-10(5-1)9-11-6-2-4-8-13(11)14-12;/h1-9H;1H4. The third kappa shape index (κ3) is 1.64. The van der Waals surface area contributed by atoms with Gasteiger partial charge in [-0.2, -0.15) is 0 Å². The van der Waals surface area contributed by atoms with Gasteiger partial charge in [0.15, 0.2) is 0 Å². The molecule has 0 amide bonds. The van der Waals surface area contributed by atoms with Crippen LogP contribution in [0, 0.1) is 0 Å². The average Bonchev–Trinajstić information content (AvgIpc) is 2.26. The molecule has 3 rings (SSSR count). The highest BCUT2D eigenvalue weighted by atomic mass is 28.1. The molecular weight excluding hydrogens is 198 g/mol. The van der Waals surface area contributed by atoms with Crippen molar-refractivity contribution in [2.24, 2.45) is 0 Å². The molecule has 0 aliphatic carbocycles. The zero-order chi connectivity index (χ0) is 9.38. The molecular formula is C13H13NSi. The van der Waals surface area contributed by atoms with E-state index in [0.717, 1.165) is 11.0 Å². The molecule has 0 aliphatic heterocycles. The van der Waals surface area contributed by atoms with Crippen molar-refractivity contribution in [2.75, 3.05) is 0 Å². The molecule has 0 aliphatic rings. The van der Waals surface area contributed by atoms with Crippen molar-refractivity contribution in [1.29, 1.82) is 0 Å². The molecule has 0 bridgehead atoms. The molecule has 3 aromatic rings. The van der Waals surface area contributed by atoms with Gasteiger partial charge < -0.3 is 0 Å². The molecule has 1 heterocycles. The quantitative estimate of drug-likeness (QED) is 0.409. The first kappa shape index (κ1) is 9.87. The number of fused-ring (bicyclic) bond motifs is 2. The van der Waals surface area contributed by atoms with E-state index in [2.05, 4.69) is 23.2 Å². The van der Waals surface area contributed by atoms with Gasteiger partial charge in [0.1, 0.15) is 0 Å². The Morgan fingerprint density at radius 3 is 1.67 bits per heavy atom. The monoisotopic (exact) mass is 211 g/mol. The van der Waals surface area contributed by atoms with Crippen LogP contribution in [-0.4, -0.2) is 15.9 Å². The fourth-order valence-corrected chi connectivity index (χ4v) is 1.72. The van der Waals surface area contributed by atoms with E-state index in [0.29, 0.717) is 0 Å². The molecule has 2 aromatic carbocycles. The Hall–Kier alpha value is -1.67. The van der Waals surface area contributed by atoms with Gasteiger partial charge in [-0.25, -0.2) is 4.98 Å². The lowest BCUT2D eigenvalue weighted by Gasteiger charge is -1.99. The molecule has 0 fully saturated rings. The smallest absolute Gasteiger partial charge is 0.0709 e. The van der Waals surface area contributed by atoms with E-state index in [9.17, 15) is 0 Å². The number of nitrogens with zero attached hydrogens (tertiary/aromatic N) is 1. The van der Waals surface area contributed by atoms with E-state index < -0.39 is 0 Å². The first-order valence-corrected chi connectivity index (χ1v) is 4.68. The Kier molecular flexibility index (Phi) is 2.52. The molecule has 0 N–H and O–H groups in total. The Balaban J connectivity index is 0.000000853. The minimum Gasteiger partial charge on any atom is -0.248 e. The van der Waals surface area contributed by atoms with E-state index >= 15 is 0 Å². The summed E-state index contributed by atoms with van der Waals surface area (Å²) < 4.78 is 0. The predicted octanol–water partition coefficient (Wildman–Crippen LogP) is 1.94. The van der Waals surface area contributed by atoms with Gasteiger partial charge in [0, 0.05) is 10.8 Å². The third-order valence-electron chi connectivity index (χ3n) is 2.43. The van der Waals surface area contributed by atoms with Crippen molar-refractivity contribution >= 4 is 32.8 Å². The molecule has 0 saturated heterocycles. The lowest BCUT2D eigenvalue weighted by Crippen LogP contribution is -1.80. The van der Waals surface area contributed by atoms with Crippen LogP contribution >= 0.6 is 0 Å². The van der Waals surface area contributed by atoms with E-state index in [1.807, 2.05) is 36.4 Å². The second-order valence-corrected chi connectivity index (χ2v) is 3.37. The van der Waals surface area contributed by atoms with Crippen molar-refractivity contribution in [3.63, 3.8) is 0 Å². The van der Waals surface area contributed by atoms with E-state index in [1.165, 1.54) is 10.8 Å². The van der Waals surface area contributed by atoms with Crippen LogP contribution in [0.5, 0.6) is 0 Å². The van der Waals surface area contributed by atoms with Gasteiger partial charge in [0.2, 0.25) is 0 Å². The Labute approximate surface area is 92.8 Å². The summed E-state index contributed by atoms with van der Waals surface area (Å²) in [5.41, 5.74) is 2.12. The molecule has 2 heteroatoms. The Morgan fingerprint density at radius 2 is 1.13 bits per heavy atom. The predicted molar refractivity (Wildman–Crippen MR) is 70.6 cm³/mol. The minimum atomic E-state index is 0. The zero-order valence-corrected chi connectivity index (χ0v) is 7.64. The Morgan fingerprint density at radius 1 is 0.667 bits per heavy atom. The molecule has 1 nitrogen and oxygen atoms in total. The topological polar surface area (TPSA) is 12.9 Å². The maximum atomic E-state index is 4.58. The number of pyridine rings is 1. The van der Waals surface area contributed by atoms with Gasteiger partial charge in [-0.3, -0.25) is 0 Å². The Bertz CT molecular complexity index is 499. The molecule has 0 saturated carbocycles. The highest BCUT2D eigenvalue weighted by molar-refractivity contribution is 5.92. The molecule has 0 radical (unpaired) electrons. The first-order chi connectivity index (χ1) is 6.93. The number of hydrogen-bond acceptors (Lipinski definition) is 1. The fourth-order valence-electron chi connectivity index (χ4n) is 1.72. The van der Waals surface area contributed by atoms with E-state index in [4.69, 9.17) is 0 Å². The van der Waals surface area contributed by atoms with Crippen molar-refractivity contribution in [1.82, 2.24) is 4.98 Å². The van der Waals surface area contributed by atoms with Crippen molar-refractivity contribution in [3.8, 4) is 0 Å². The summed E-state index contributed by atoms with van der Waals surface area (Å²) in [4.78, 5) is 4.58. The summed E-state index contributed by atoms with van der Waals surface area (Å²) >= 11 is 0. The van der Waals surface area contributed by atoms with Gasteiger partial charge in [-0.1, -0.05) is 36.4 Å². The van der Waals surface area contributed by atoms with Crippen LogP contribution in [0.4, 0.5) is 0 Å². The maximum absolute atomic E-state index is 4.58. The summed E-state index contributed by atoms with van der Waals surface area (Å²) in [7, 11) is 0. The van der Waals surface area contributed by atoms with Crippen molar-refractivity contribution < 1.29 is 0 Å². The van der Waals surface area contributed by atoms with Crippen molar-refractivity contribution in [3.05, 3.63) is 54.6 Å². The second-order valence-electron chi connectivity index (χ2n) is 3.37. The normalized spacial score (nSPS) is 10.1. The lowest BCUT2D eigenvalue weighted by atomic mass is 10.1. The van der Waals surface area contributed by atoms with Crippen LogP contribution in [-0.2, 0) is 0 Å². The fraction of sp³-hybridized carbons (Fsp3) is 0.